The van der Waals surface area contributed by atoms with Gasteiger partial charge in [-0.2, -0.15) is 0 Å². The Morgan fingerprint density at radius 1 is 1.11 bits per heavy atom. The normalized spacial score (nSPS) is 14.1. The molecule has 1 aliphatic heterocycles. The number of rotatable bonds is 7. The van der Waals surface area contributed by atoms with E-state index in [1.807, 2.05) is 36.2 Å². The minimum absolute atomic E-state index is 0.0602. The van der Waals surface area contributed by atoms with Crippen molar-refractivity contribution in [2.45, 2.75) is 19.8 Å². The van der Waals surface area contributed by atoms with Crippen LogP contribution in [0.15, 0.2) is 36.4 Å². The molecular weight excluding hydrogens is 354 g/mol. The summed E-state index contributed by atoms with van der Waals surface area (Å²) in [5.41, 5.74) is 1.47. The van der Waals surface area contributed by atoms with Crippen molar-refractivity contribution < 1.29 is 9.53 Å². The summed E-state index contributed by atoms with van der Waals surface area (Å²) < 4.78 is 5.45. The number of hydrogen-bond donors (Lipinski definition) is 0. The van der Waals surface area contributed by atoms with Gasteiger partial charge in [0.15, 0.2) is 11.5 Å². The van der Waals surface area contributed by atoms with Crippen molar-refractivity contribution in [1.29, 1.82) is 0 Å². The number of para-hydroxylation sites is 2. The Bertz CT molecular complexity index is 773. The number of unbranched alkanes of at least 4 members (excludes halogenated alkanes) is 1. The number of piperazine rings is 1. The average Bonchev–Trinajstić information content (AvgIpc) is 2.77. The number of carbonyl (C=O) groups is 1. The van der Waals surface area contributed by atoms with E-state index in [0.717, 1.165) is 49.7 Å². The smallest absolute Gasteiger partial charge is 0.274 e. The topological polar surface area (TPSA) is 61.8 Å². The number of carbonyl (C=O) groups excluding carboxylic acids is 1. The van der Waals surface area contributed by atoms with E-state index in [0.29, 0.717) is 18.8 Å². The second-order valence-electron chi connectivity index (χ2n) is 7.00. The van der Waals surface area contributed by atoms with Crippen LogP contribution in [-0.4, -0.2) is 67.9 Å². The molecule has 1 aromatic heterocycles. The highest BCUT2D eigenvalue weighted by Crippen LogP contribution is 2.28. The molecule has 150 valence electrons. The zero-order valence-electron chi connectivity index (χ0n) is 17.0. The van der Waals surface area contributed by atoms with Crippen molar-refractivity contribution in [2.75, 3.05) is 56.7 Å². The van der Waals surface area contributed by atoms with Crippen LogP contribution in [0.5, 0.6) is 5.75 Å². The fraction of sp³-hybridized carbons (Fsp3) is 0.476. The summed E-state index contributed by atoms with van der Waals surface area (Å²) in [6, 6.07) is 11.6. The number of ether oxygens (including phenoxy) is 1. The van der Waals surface area contributed by atoms with Crippen molar-refractivity contribution >= 4 is 17.4 Å². The molecule has 1 aromatic carbocycles. The van der Waals surface area contributed by atoms with Gasteiger partial charge in [0.1, 0.15) is 5.75 Å². The monoisotopic (exact) mass is 383 g/mol. The summed E-state index contributed by atoms with van der Waals surface area (Å²) in [4.78, 5) is 18.9. The lowest BCUT2D eigenvalue weighted by Crippen LogP contribution is -2.49. The second kappa shape index (κ2) is 9.39. The molecule has 0 unspecified atom stereocenters. The molecular formula is C21H29N5O2. The zero-order chi connectivity index (χ0) is 19.9. The molecule has 1 amide bonds. The van der Waals surface area contributed by atoms with Crippen LogP contribution in [0.1, 0.15) is 30.3 Å². The van der Waals surface area contributed by atoms with Gasteiger partial charge in [0.25, 0.3) is 5.91 Å². The molecule has 0 spiro atoms. The van der Waals surface area contributed by atoms with Gasteiger partial charge in [0, 0.05) is 39.8 Å². The third-order valence-electron chi connectivity index (χ3n) is 5.10. The lowest BCUT2D eigenvalue weighted by molar-refractivity contribution is 0.0739. The first-order valence-corrected chi connectivity index (χ1v) is 9.86. The average molecular weight is 383 g/mol. The van der Waals surface area contributed by atoms with Crippen molar-refractivity contribution in [1.82, 2.24) is 15.1 Å². The number of nitrogens with zero attached hydrogens (tertiary/aromatic N) is 5. The second-order valence-corrected chi connectivity index (χ2v) is 7.00. The molecule has 7 nitrogen and oxygen atoms in total. The third kappa shape index (κ3) is 4.52. The molecule has 0 atom stereocenters. The Hall–Kier alpha value is -2.83. The van der Waals surface area contributed by atoms with Gasteiger partial charge in [-0.25, -0.2) is 0 Å². The van der Waals surface area contributed by atoms with E-state index in [4.69, 9.17) is 4.74 Å². The Kier molecular flexibility index (Phi) is 6.68. The van der Waals surface area contributed by atoms with Crippen LogP contribution in [0.2, 0.25) is 0 Å². The van der Waals surface area contributed by atoms with E-state index in [1.54, 1.807) is 13.2 Å². The Morgan fingerprint density at radius 3 is 2.50 bits per heavy atom. The third-order valence-corrected chi connectivity index (χ3v) is 5.10. The van der Waals surface area contributed by atoms with Gasteiger partial charge in [0.2, 0.25) is 0 Å². The van der Waals surface area contributed by atoms with Gasteiger partial charge < -0.3 is 19.4 Å². The molecule has 0 radical (unpaired) electrons. The quantitative estimate of drug-likeness (QED) is 0.733. The zero-order valence-corrected chi connectivity index (χ0v) is 17.0. The minimum Gasteiger partial charge on any atom is -0.495 e. The fourth-order valence-electron chi connectivity index (χ4n) is 3.36. The molecule has 0 N–H and O–H groups in total. The van der Waals surface area contributed by atoms with E-state index in [2.05, 4.69) is 33.0 Å². The van der Waals surface area contributed by atoms with E-state index in [9.17, 15) is 4.79 Å². The van der Waals surface area contributed by atoms with E-state index in [-0.39, 0.29) is 5.91 Å². The van der Waals surface area contributed by atoms with E-state index < -0.39 is 0 Å². The van der Waals surface area contributed by atoms with Gasteiger partial charge in [-0.05, 0) is 30.7 Å². The molecule has 2 heterocycles. The van der Waals surface area contributed by atoms with Crippen LogP contribution in [0.25, 0.3) is 0 Å². The maximum atomic E-state index is 12.8. The highest BCUT2D eigenvalue weighted by molar-refractivity contribution is 5.92. The molecule has 1 saturated heterocycles. The molecule has 2 aromatic rings. The molecule has 3 rings (SSSR count). The van der Waals surface area contributed by atoms with Crippen LogP contribution >= 0.6 is 0 Å². The largest absolute Gasteiger partial charge is 0.495 e. The van der Waals surface area contributed by atoms with Crippen LogP contribution < -0.4 is 14.5 Å². The van der Waals surface area contributed by atoms with Gasteiger partial charge >= 0.3 is 0 Å². The molecule has 1 fully saturated rings. The summed E-state index contributed by atoms with van der Waals surface area (Å²) >= 11 is 0. The number of benzene rings is 1. The molecule has 0 bridgehead atoms. The van der Waals surface area contributed by atoms with Crippen molar-refractivity contribution in [3.05, 3.63) is 42.1 Å². The van der Waals surface area contributed by atoms with Gasteiger partial charge in [0.05, 0.1) is 12.8 Å². The number of methoxy groups -OCH3 is 1. The first-order chi connectivity index (χ1) is 13.6. The first-order valence-electron chi connectivity index (χ1n) is 9.86. The molecule has 0 aliphatic carbocycles. The van der Waals surface area contributed by atoms with Gasteiger partial charge in [-0.1, -0.05) is 25.5 Å². The summed E-state index contributed by atoms with van der Waals surface area (Å²) in [5.74, 6) is 1.59. The van der Waals surface area contributed by atoms with E-state index >= 15 is 0 Å². The van der Waals surface area contributed by atoms with Gasteiger partial charge in [-0.3, -0.25) is 4.79 Å². The van der Waals surface area contributed by atoms with Crippen LogP contribution in [-0.2, 0) is 0 Å². The summed E-state index contributed by atoms with van der Waals surface area (Å²) in [6.45, 7) is 5.92. The van der Waals surface area contributed by atoms with Crippen molar-refractivity contribution in [3.8, 4) is 5.75 Å². The maximum absolute atomic E-state index is 12.8. The molecule has 28 heavy (non-hydrogen) atoms. The summed E-state index contributed by atoms with van der Waals surface area (Å²) in [6.07, 6.45) is 2.24. The van der Waals surface area contributed by atoms with Crippen LogP contribution in [0.3, 0.4) is 0 Å². The predicted octanol–water partition coefficient (Wildman–Crippen LogP) is 2.68. The van der Waals surface area contributed by atoms with Crippen LogP contribution in [0.4, 0.5) is 11.5 Å². The standard InChI is InChI=1S/C21H29N5O2/c1-4-5-12-24(2)20-11-10-17(22-23-20)21(27)26-15-13-25(14-16-26)18-8-6-7-9-19(18)28-3/h6-11H,4-5,12-16H2,1-3H3. The number of amides is 1. The Morgan fingerprint density at radius 2 is 1.86 bits per heavy atom. The number of anilines is 2. The minimum atomic E-state index is -0.0602. The molecule has 0 saturated carbocycles. The summed E-state index contributed by atoms with van der Waals surface area (Å²) in [5, 5.41) is 8.41. The maximum Gasteiger partial charge on any atom is 0.274 e. The molecule has 7 heteroatoms. The Balaban J connectivity index is 1.59. The van der Waals surface area contributed by atoms with Crippen molar-refractivity contribution in [3.63, 3.8) is 0 Å². The number of aromatic nitrogens is 2. The molecule has 1 aliphatic rings. The highest BCUT2D eigenvalue weighted by Gasteiger charge is 2.24. The van der Waals surface area contributed by atoms with Gasteiger partial charge in [-0.15, -0.1) is 10.2 Å². The lowest BCUT2D eigenvalue weighted by Gasteiger charge is -2.36. The fourth-order valence-corrected chi connectivity index (χ4v) is 3.36. The SMILES string of the molecule is CCCCN(C)c1ccc(C(=O)N2CCN(c3ccccc3OC)CC2)nn1. The summed E-state index contributed by atoms with van der Waals surface area (Å²) in [7, 11) is 3.68. The predicted molar refractivity (Wildman–Crippen MR) is 111 cm³/mol. The van der Waals surface area contributed by atoms with Crippen molar-refractivity contribution in [2.24, 2.45) is 0 Å². The lowest BCUT2D eigenvalue weighted by atomic mass is 10.2. The van der Waals surface area contributed by atoms with Crippen LogP contribution in [0, 0.1) is 0 Å². The number of hydrogen-bond acceptors (Lipinski definition) is 6. The Labute approximate surface area is 166 Å². The highest BCUT2D eigenvalue weighted by atomic mass is 16.5. The first kappa shape index (κ1) is 19.9. The van der Waals surface area contributed by atoms with E-state index in [1.165, 1.54) is 0 Å².